The van der Waals surface area contributed by atoms with Crippen LogP contribution in [-0.4, -0.2) is 77.2 Å². The van der Waals surface area contributed by atoms with Gasteiger partial charge in [-0.25, -0.2) is 9.59 Å². The second-order valence-electron chi connectivity index (χ2n) is 7.53. The molecule has 0 atom stereocenters. The van der Waals surface area contributed by atoms with E-state index in [0.717, 1.165) is 45.1 Å². The number of amides is 3. The monoisotopic (exact) mass is 324 g/mol. The number of hydrogen-bond acceptors (Lipinski definition) is 3. The van der Waals surface area contributed by atoms with Gasteiger partial charge in [-0.1, -0.05) is 0 Å². The lowest BCUT2D eigenvalue weighted by Crippen LogP contribution is -2.62. The number of rotatable bonds is 2. The maximum atomic E-state index is 12.9. The minimum Gasteiger partial charge on any atom is -0.465 e. The number of urea groups is 1. The van der Waals surface area contributed by atoms with Crippen LogP contribution in [0.3, 0.4) is 0 Å². The number of carbonyl (C=O) groups excluding carboxylic acids is 1. The fraction of sp³-hybridized carbons (Fsp3) is 0.875. The third-order valence-electron chi connectivity index (χ3n) is 6.61. The molecule has 0 spiro atoms. The molecule has 4 aliphatic rings. The van der Waals surface area contributed by atoms with E-state index in [1.54, 1.807) is 4.90 Å². The molecule has 3 N–H and O–H groups in total. The fourth-order valence-electron chi connectivity index (χ4n) is 4.56. The zero-order valence-corrected chi connectivity index (χ0v) is 14.0. The van der Waals surface area contributed by atoms with Crippen molar-refractivity contribution in [2.24, 2.45) is 11.1 Å². The van der Waals surface area contributed by atoms with Gasteiger partial charge in [-0.3, -0.25) is 0 Å². The molecule has 7 nitrogen and oxygen atoms in total. The highest BCUT2D eigenvalue weighted by Gasteiger charge is 2.51. The Kier molecular flexibility index (Phi) is 4.16. The Hall–Kier alpha value is -1.50. The molecule has 0 aromatic heterocycles. The topological polar surface area (TPSA) is 90.1 Å². The van der Waals surface area contributed by atoms with Crippen molar-refractivity contribution >= 4 is 12.1 Å². The van der Waals surface area contributed by atoms with Gasteiger partial charge in [-0.15, -0.1) is 0 Å². The number of nitrogens with zero attached hydrogens (tertiary/aromatic N) is 3. The number of piperazine rings is 1. The fourth-order valence-corrected chi connectivity index (χ4v) is 4.56. The normalized spacial score (nSPS) is 33.7. The lowest BCUT2D eigenvalue weighted by molar-refractivity contribution is -0.0283. The lowest BCUT2D eigenvalue weighted by atomic mass is 9.57. The summed E-state index contributed by atoms with van der Waals surface area (Å²) < 4.78 is 0. The van der Waals surface area contributed by atoms with Crippen molar-refractivity contribution in [2.45, 2.75) is 44.1 Å². The highest BCUT2D eigenvalue weighted by molar-refractivity contribution is 5.75. The molecule has 0 aromatic rings. The minimum absolute atomic E-state index is 0.0159. The van der Waals surface area contributed by atoms with Crippen LogP contribution in [0.4, 0.5) is 9.59 Å². The van der Waals surface area contributed by atoms with Crippen molar-refractivity contribution in [3.05, 3.63) is 0 Å². The second kappa shape index (κ2) is 5.85. The van der Waals surface area contributed by atoms with Gasteiger partial charge in [0.15, 0.2) is 0 Å². The van der Waals surface area contributed by atoms with Gasteiger partial charge in [-0.2, -0.15) is 0 Å². The van der Waals surface area contributed by atoms with Crippen LogP contribution in [-0.2, 0) is 0 Å². The maximum Gasteiger partial charge on any atom is 0.407 e. The summed E-state index contributed by atoms with van der Waals surface area (Å²) in [5.74, 6) is 0. The minimum atomic E-state index is -0.901. The van der Waals surface area contributed by atoms with E-state index in [4.69, 9.17) is 10.8 Å². The quantitative estimate of drug-likeness (QED) is 0.803. The van der Waals surface area contributed by atoms with Gasteiger partial charge in [-0.05, 0) is 50.5 Å². The van der Waals surface area contributed by atoms with Crippen molar-refractivity contribution in [1.29, 1.82) is 0 Å². The molecule has 3 amide bonds. The molecule has 0 unspecified atom stereocenters. The van der Waals surface area contributed by atoms with Crippen molar-refractivity contribution in [3.8, 4) is 0 Å². The van der Waals surface area contributed by atoms with Crippen LogP contribution < -0.4 is 5.73 Å². The Morgan fingerprint density at radius 1 is 1.00 bits per heavy atom. The average Bonchev–Trinajstić information content (AvgIpc) is 2.62. The Morgan fingerprint density at radius 3 is 1.91 bits per heavy atom. The van der Waals surface area contributed by atoms with E-state index < -0.39 is 6.09 Å². The van der Waals surface area contributed by atoms with Crippen LogP contribution in [0.2, 0.25) is 0 Å². The molecule has 1 heterocycles. The summed E-state index contributed by atoms with van der Waals surface area (Å²) in [6, 6.07) is 0.0530. The van der Waals surface area contributed by atoms with E-state index in [9.17, 15) is 9.59 Å². The molecule has 3 saturated carbocycles. The maximum absolute atomic E-state index is 12.9. The predicted octanol–water partition coefficient (Wildman–Crippen LogP) is 1.39. The van der Waals surface area contributed by atoms with Gasteiger partial charge in [0, 0.05) is 38.8 Å². The van der Waals surface area contributed by atoms with E-state index in [-0.39, 0.29) is 11.6 Å². The number of nitrogens with two attached hydrogens (primary N) is 1. The van der Waals surface area contributed by atoms with Crippen LogP contribution in [0.1, 0.15) is 38.5 Å². The summed E-state index contributed by atoms with van der Waals surface area (Å²) in [7, 11) is 1.92. The van der Waals surface area contributed by atoms with Gasteiger partial charge in [0.25, 0.3) is 0 Å². The standard InChI is InChI=1S/C16H28N4O3/c1-18(13(21)19-8-10-20(11-9-19)14(22)23)16-5-2-15(12-17,3-6-16)4-7-16/h2-12,17H2,1H3,(H,22,23). The molecule has 0 aromatic carbocycles. The Labute approximate surface area is 137 Å². The zero-order valence-electron chi connectivity index (χ0n) is 14.0. The molecule has 1 aliphatic heterocycles. The number of carbonyl (C=O) groups is 2. The third kappa shape index (κ3) is 2.75. The average molecular weight is 324 g/mol. The molecular weight excluding hydrogens is 296 g/mol. The van der Waals surface area contributed by atoms with E-state index in [2.05, 4.69) is 0 Å². The lowest BCUT2D eigenvalue weighted by Gasteiger charge is -2.57. The van der Waals surface area contributed by atoms with Crippen molar-refractivity contribution in [3.63, 3.8) is 0 Å². The summed E-state index contributed by atoms with van der Waals surface area (Å²) in [6.45, 7) is 2.53. The first-order chi connectivity index (χ1) is 10.9. The van der Waals surface area contributed by atoms with Crippen LogP contribution in [0.15, 0.2) is 0 Å². The van der Waals surface area contributed by atoms with Gasteiger partial charge in [0.2, 0.25) is 0 Å². The molecular formula is C16H28N4O3. The highest BCUT2D eigenvalue weighted by atomic mass is 16.4. The molecule has 23 heavy (non-hydrogen) atoms. The van der Waals surface area contributed by atoms with E-state index in [1.165, 1.54) is 4.90 Å². The summed E-state index contributed by atoms with van der Waals surface area (Å²) in [6.07, 6.45) is 5.59. The first kappa shape index (κ1) is 16.4. The zero-order chi connectivity index (χ0) is 16.7. The molecule has 1 saturated heterocycles. The highest BCUT2D eigenvalue weighted by Crippen LogP contribution is 2.53. The van der Waals surface area contributed by atoms with Gasteiger partial charge < -0.3 is 25.5 Å². The second-order valence-corrected chi connectivity index (χ2v) is 7.53. The van der Waals surface area contributed by atoms with E-state index >= 15 is 0 Å². The SMILES string of the molecule is CN(C(=O)N1CCN(C(=O)O)CC1)C12CCC(CN)(CC1)CC2. The van der Waals surface area contributed by atoms with E-state index in [1.807, 2.05) is 11.9 Å². The Balaban J connectivity index is 1.61. The predicted molar refractivity (Wildman–Crippen MR) is 86.3 cm³/mol. The summed E-state index contributed by atoms with van der Waals surface area (Å²) in [5, 5.41) is 9.01. The summed E-state index contributed by atoms with van der Waals surface area (Å²) >= 11 is 0. The van der Waals surface area contributed by atoms with Gasteiger partial charge in [0.05, 0.1) is 0 Å². The summed E-state index contributed by atoms with van der Waals surface area (Å²) in [4.78, 5) is 29.0. The van der Waals surface area contributed by atoms with E-state index in [0.29, 0.717) is 31.6 Å². The number of carboxylic acid groups (broad SMARTS) is 1. The number of hydrogen-bond donors (Lipinski definition) is 2. The molecule has 130 valence electrons. The van der Waals surface area contributed by atoms with Crippen molar-refractivity contribution in [1.82, 2.24) is 14.7 Å². The van der Waals surface area contributed by atoms with Gasteiger partial charge in [0.1, 0.15) is 0 Å². The first-order valence-electron chi connectivity index (χ1n) is 8.62. The largest absolute Gasteiger partial charge is 0.465 e. The van der Waals surface area contributed by atoms with Crippen LogP contribution in [0, 0.1) is 5.41 Å². The number of fused-ring (bicyclic) bond motifs is 3. The Morgan fingerprint density at radius 2 is 1.48 bits per heavy atom. The van der Waals surface area contributed by atoms with Crippen molar-refractivity contribution < 1.29 is 14.7 Å². The molecule has 0 radical (unpaired) electrons. The molecule has 4 rings (SSSR count). The van der Waals surface area contributed by atoms with Crippen LogP contribution in [0.25, 0.3) is 0 Å². The summed E-state index contributed by atoms with van der Waals surface area (Å²) in [5.41, 5.74) is 6.27. The van der Waals surface area contributed by atoms with Crippen LogP contribution >= 0.6 is 0 Å². The third-order valence-corrected chi connectivity index (χ3v) is 6.61. The van der Waals surface area contributed by atoms with Gasteiger partial charge >= 0.3 is 12.1 Å². The smallest absolute Gasteiger partial charge is 0.407 e. The first-order valence-corrected chi connectivity index (χ1v) is 8.62. The van der Waals surface area contributed by atoms with Crippen molar-refractivity contribution in [2.75, 3.05) is 39.8 Å². The van der Waals surface area contributed by atoms with Crippen LogP contribution in [0.5, 0.6) is 0 Å². The molecule has 4 fully saturated rings. The molecule has 7 heteroatoms. The Bertz CT molecular complexity index is 463. The molecule has 3 aliphatic carbocycles. The molecule has 2 bridgehead atoms.